The van der Waals surface area contributed by atoms with Gasteiger partial charge in [-0.2, -0.15) is 0 Å². The molecule has 1 saturated heterocycles. The van der Waals surface area contributed by atoms with E-state index < -0.39 is 0 Å². The molecule has 3 heterocycles. The van der Waals surface area contributed by atoms with Gasteiger partial charge in [-0.05, 0) is 26.7 Å². The van der Waals surface area contributed by atoms with Crippen LogP contribution in [0.1, 0.15) is 29.9 Å². The third kappa shape index (κ3) is 1.88. The molecule has 0 aliphatic carbocycles. The van der Waals surface area contributed by atoms with Crippen LogP contribution in [-0.4, -0.2) is 35.1 Å². The topological polar surface area (TPSA) is 55.3 Å². The highest BCUT2D eigenvalue weighted by Gasteiger charge is 2.33. The molecule has 2 aliphatic rings. The van der Waals surface area contributed by atoms with Gasteiger partial charge in [-0.25, -0.2) is 9.97 Å². The first kappa shape index (κ1) is 11.6. The van der Waals surface area contributed by atoms with Crippen LogP contribution in [0.15, 0.2) is 0 Å². The Bertz CT molecular complexity index is 495. The number of carbonyl (C=O) groups is 1. The van der Waals surface area contributed by atoms with E-state index in [4.69, 9.17) is 4.74 Å². The summed E-state index contributed by atoms with van der Waals surface area (Å²) < 4.78 is 5.60. The van der Waals surface area contributed by atoms with Crippen molar-refractivity contribution >= 4 is 11.7 Å². The molecule has 1 aromatic rings. The molecule has 1 aromatic heterocycles. The first-order valence-electron chi connectivity index (χ1n) is 6.41. The summed E-state index contributed by atoms with van der Waals surface area (Å²) in [5.74, 6) is 1.63. The minimum Gasteiger partial charge on any atom is -0.376 e. The molecular weight excluding hydrogens is 230 g/mol. The predicted molar refractivity (Wildman–Crippen MR) is 66.5 cm³/mol. The van der Waals surface area contributed by atoms with Gasteiger partial charge in [-0.15, -0.1) is 0 Å². The molecule has 0 N–H and O–H groups in total. The van der Waals surface area contributed by atoms with Crippen LogP contribution >= 0.6 is 0 Å². The Hall–Kier alpha value is -1.49. The molecule has 1 amide bonds. The zero-order chi connectivity index (χ0) is 12.7. The molecule has 5 heteroatoms. The Kier molecular flexibility index (Phi) is 2.78. The molecule has 1 unspecified atom stereocenters. The number of aryl methyl sites for hydroxylation is 2. The van der Waals surface area contributed by atoms with Crippen LogP contribution in [0.4, 0.5) is 5.82 Å². The SMILES string of the molecule is Cc1nc(C)c2c(n1)N(CC1CCCO1)C(=O)C2. The molecule has 18 heavy (non-hydrogen) atoms. The van der Waals surface area contributed by atoms with Crippen LogP contribution in [0.2, 0.25) is 0 Å². The zero-order valence-corrected chi connectivity index (χ0v) is 10.8. The first-order valence-corrected chi connectivity index (χ1v) is 6.41. The number of rotatable bonds is 2. The monoisotopic (exact) mass is 247 g/mol. The van der Waals surface area contributed by atoms with E-state index in [1.807, 2.05) is 13.8 Å². The van der Waals surface area contributed by atoms with Crippen molar-refractivity contribution in [2.45, 2.75) is 39.2 Å². The van der Waals surface area contributed by atoms with Crippen LogP contribution in [0.3, 0.4) is 0 Å². The Labute approximate surface area is 106 Å². The molecule has 0 spiro atoms. The fourth-order valence-electron chi connectivity index (χ4n) is 2.69. The number of hydrogen-bond donors (Lipinski definition) is 0. The maximum atomic E-state index is 12.1. The largest absolute Gasteiger partial charge is 0.376 e. The number of anilines is 1. The molecule has 0 aromatic carbocycles. The average molecular weight is 247 g/mol. The van der Waals surface area contributed by atoms with Gasteiger partial charge in [0.15, 0.2) is 0 Å². The third-order valence-electron chi connectivity index (χ3n) is 3.60. The Balaban J connectivity index is 1.90. The minimum absolute atomic E-state index is 0.114. The Morgan fingerprint density at radius 3 is 2.94 bits per heavy atom. The van der Waals surface area contributed by atoms with E-state index in [2.05, 4.69) is 9.97 Å². The van der Waals surface area contributed by atoms with Crippen molar-refractivity contribution in [1.29, 1.82) is 0 Å². The van der Waals surface area contributed by atoms with Crippen molar-refractivity contribution in [3.63, 3.8) is 0 Å². The van der Waals surface area contributed by atoms with Gasteiger partial charge in [0.1, 0.15) is 11.6 Å². The van der Waals surface area contributed by atoms with Crippen molar-refractivity contribution in [1.82, 2.24) is 9.97 Å². The molecule has 5 nitrogen and oxygen atoms in total. The van der Waals surface area contributed by atoms with Gasteiger partial charge in [-0.3, -0.25) is 9.69 Å². The van der Waals surface area contributed by atoms with Crippen molar-refractivity contribution in [2.24, 2.45) is 0 Å². The molecule has 0 bridgehead atoms. The second-order valence-electron chi connectivity index (χ2n) is 4.97. The average Bonchev–Trinajstić information content (AvgIpc) is 2.91. The van der Waals surface area contributed by atoms with Crippen molar-refractivity contribution in [3.8, 4) is 0 Å². The molecular formula is C13H17N3O2. The summed E-state index contributed by atoms with van der Waals surface area (Å²) >= 11 is 0. The highest BCUT2D eigenvalue weighted by Crippen LogP contribution is 2.29. The highest BCUT2D eigenvalue weighted by atomic mass is 16.5. The number of aromatic nitrogens is 2. The minimum atomic E-state index is 0.114. The summed E-state index contributed by atoms with van der Waals surface area (Å²) in [5, 5.41) is 0. The Morgan fingerprint density at radius 2 is 2.22 bits per heavy atom. The molecule has 3 rings (SSSR count). The number of carbonyl (C=O) groups excluding carboxylic acids is 1. The maximum Gasteiger partial charge on any atom is 0.232 e. The van der Waals surface area contributed by atoms with Gasteiger partial charge in [-0.1, -0.05) is 0 Å². The van der Waals surface area contributed by atoms with E-state index in [1.54, 1.807) is 4.90 Å². The summed E-state index contributed by atoms with van der Waals surface area (Å²) in [6.45, 7) is 5.24. The number of nitrogens with zero attached hydrogens (tertiary/aromatic N) is 3. The lowest BCUT2D eigenvalue weighted by atomic mass is 10.2. The maximum absolute atomic E-state index is 12.1. The van der Waals surface area contributed by atoms with E-state index in [-0.39, 0.29) is 12.0 Å². The number of fused-ring (bicyclic) bond motifs is 1. The summed E-state index contributed by atoms with van der Waals surface area (Å²) in [5.41, 5.74) is 1.89. The lowest BCUT2D eigenvalue weighted by Crippen LogP contribution is -2.35. The lowest BCUT2D eigenvalue weighted by molar-refractivity contribution is -0.117. The van der Waals surface area contributed by atoms with E-state index in [1.165, 1.54) is 0 Å². The van der Waals surface area contributed by atoms with Crippen LogP contribution in [0.25, 0.3) is 0 Å². The van der Waals surface area contributed by atoms with Gasteiger partial charge in [0.05, 0.1) is 19.1 Å². The fraction of sp³-hybridized carbons (Fsp3) is 0.615. The number of amides is 1. The third-order valence-corrected chi connectivity index (χ3v) is 3.60. The summed E-state index contributed by atoms with van der Waals surface area (Å²) in [6, 6.07) is 0. The van der Waals surface area contributed by atoms with Gasteiger partial charge in [0.2, 0.25) is 5.91 Å². The van der Waals surface area contributed by atoms with Crippen LogP contribution < -0.4 is 4.90 Å². The van der Waals surface area contributed by atoms with E-state index >= 15 is 0 Å². The van der Waals surface area contributed by atoms with Crippen LogP contribution in [0.5, 0.6) is 0 Å². The van der Waals surface area contributed by atoms with Crippen LogP contribution in [0, 0.1) is 13.8 Å². The van der Waals surface area contributed by atoms with Crippen LogP contribution in [-0.2, 0) is 16.0 Å². The summed E-state index contributed by atoms with van der Waals surface area (Å²) in [7, 11) is 0. The molecule has 96 valence electrons. The normalized spacial score (nSPS) is 22.7. The summed E-state index contributed by atoms with van der Waals surface area (Å²) in [6.07, 6.45) is 2.70. The van der Waals surface area contributed by atoms with E-state index in [9.17, 15) is 4.79 Å². The van der Waals surface area contributed by atoms with Crippen molar-refractivity contribution in [3.05, 3.63) is 17.1 Å². The molecule has 1 atom stereocenters. The van der Waals surface area contributed by atoms with E-state index in [0.29, 0.717) is 13.0 Å². The first-order chi connectivity index (χ1) is 8.65. The summed E-state index contributed by atoms with van der Waals surface area (Å²) in [4.78, 5) is 22.6. The molecule has 2 aliphatic heterocycles. The molecule has 1 fully saturated rings. The smallest absolute Gasteiger partial charge is 0.232 e. The van der Waals surface area contributed by atoms with Crippen molar-refractivity contribution in [2.75, 3.05) is 18.1 Å². The van der Waals surface area contributed by atoms with E-state index in [0.717, 1.165) is 42.3 Å². The number of ether oxygens (including phenoxy) is 1. The molecule has 0 saturated carbocycles. The van der Waals surface area contributed by atoms with Gasteiger partial charge in [0.25, 0.3) is 0 Å². The standard InChI is InChI=1S/C13H17N3O2/c1-8-11-6-12(17)16(7-10-4-3-5-18-10)13(11)15-9(2)14-8/h10H,3-7H2,1-2H3. The van der Waals surface area contributed by atoms with Gasteiger partial charge < -0.3 is 4.74 Å². The fourth-order valence-corrected chi connectivity index (χ4v) is 2.69. The quantitative estimate of drug-likeness (QED) is 0.787. The second kappa shape index (κ2) is 4.31. The van der Waals surface area contributed by atoms with Crippen molar-refractivity contribution < 1.29 is 9.53 Å². The molecule has 0 radical (unpaired) electrons. The second-order valence-corrected chi connectivity index (χ2v) is 4.97. The number of hydrogen-bond acceptors (Lipinski definition) is 4. The zero-order valence-electron chi connectivity index (χ0n) is 10.8. The Morgan fingerprint density at radius 1 is 1.39 bits per heavy atom. The lowest BCUT2D eigenvalue weighted by Gasteiger charge is -2.20. The van der Waals surface area contributed by atoms with Gasteiger partial charge >= 0.3 is 0 Å². The predicted octanol–water partition coefficient (Wildman–Crippen LogP) is 1.16. The highest BCUT2D eigenvalue weighted by molar-refractivity contribution is 6.00. The van der Waals surface area contributed by atoms with Gasteiger partial charge in [0, 0.05) is 17.9 Å².